The second kappa shape index (κ2) is 12.0. The van der Waals surface area contributed by atoms with E-state index in [1.807, 2.05) is 4.98 Å². The summed E-state index contributed by atoms with van der Waals surface area (Å²) in [7, 11) is -8.32. The third-order valence-electron chi connectivity index (χ3n) is 5.90. The van der Waals surface area contributed by atoms with Crippen molar-refractivity contribution in [3.63, 3.8) is 0 Å². The van der Waals surface area contributed by atoms with Crippen molar-refractivity contribution in [1.82, 2.24) is 19.1 Å². The number of aliphatic hydroxyl groups excluding tert-OH is 3. The van der Waals surface area contributed by atoms with Gasteiger partial charge in [0.15, 0.2) is 12.5 Å². The predicted molar refractivity (Wildman–Crippen MR) is 127 cm³/mol. The van der Waals surface area contributed by atoms with E-state index in [2.05, 4.69) is 9.51 Å². The van der Waals surface area contributed by atoms with Gasteiger partial charge >= 0.3 is 27.5 Å². The van der Waals surface area contributed by atoms with E-state index in [0.717, 1.165) is 27.6 Å². The zero-order chi connectivity index (χ0) is 29.4. The average molecular weight is 612 g/mol. The first kappa shape index (κ1) is 30.3. The van der Waals surface area contributed by atoms with Gasteiger partial charge in [0, 0.05) is 23.0 Å². The fraction of sp³-hybridized carbons (Fsp3) is 0.556. The van der Waals surface area contributed by atoms with Crippen molar-refractivity contribution in [2.45, 2.75) is 49.1 Å². The van der Waals surface area contributed by atoms with Crippen molar-refractivity contribution in [2.24, 2.45) is 0 Å². The number of nitrogen functional groups attached to an aromatic ring is 1. The Hall–Kier alpha value is -2.71. The number of ether oxygens (including phenoxy) is 2. The molecule has 220 valence electrons. The van der Waals surface area contributed by atoms with Crippen LogP contribution in [0.4, 0.5) is 5.82 Å². The van der Waals surface area contributed by atoms with Crippen molar-refractivity contribution in [3.05, 3.63) is 55.8 Å². The third-order valence-corrected chi connectivity index (χ3v) is 7.26. The van der Waals surface area contributed by atoms with Crippen LogP contribution < -0.4 is 22.7 Å². The number of nitrogens with one attached hydrogen (secondary N) is 1. The summed E-state index contributed by atoms with van der Waals surface area (Å²) in [4.78, 5) is 60.2. The van der Waals surface area contributed by atoms with E-state index in [1.54, 1.807) is 0 Å². The molecule has 2 fully saturated rings. The van der Waals surface area contributed by atoms with Crippen molar-refractivity contribution >= 4 is 21.9 Å². The van der Waals surface area contributed by atoms with E-state index in [0.29, 0.717) is 0 Å². The summed E-state index contributed by atoms with van der Waals surface area (Å²) in [6.45, 7) is -1.61. The normalized spacial score (nSPS) is 32.2. The number of aromatic amines is 1. The Morgan fingerprint density at radius 3 is 2.33 bits per heavy atom. The molecule has 0 saturated carbocycles. The number of rotatable bonds is 10. The Morgan fingerprint density at radius 2 is 1.68 bits per heavy atom. The van der Waals surface area contributed by atoms with Crippen LogP contribution in [0.2, 0.25) is 0 Å². The highest BCUT2D eigenvalue weighted by Crippen LogP contribution is 2.49. The number of hydrogen-bond acceptors (Lipinski definition) is 15. The molecule has 0 aromatic carbocycles. The maximum atomic E-state index is 12.7. The molecule has 20 nitrogen and oxygen atoms in total. The van der Waals surface area contributed by atoms with Gasteiger partial charge in [0.25, 0.3) is 5.56 Å². The first-order chi connectivity index (χ1) is 18.8. The number of aromatic nitrogens is 4. The van der Waals surface area contributed by atoms with Crippen LogP contribution in [0.5, 0.6) is 0 Å². The van der Waals surface area contributed by atoms with E-state index in [4.69, 9.17) is 29.1 Å². The number of nitrogens with zero attached hydrogens (tertiary/aromatic N) is 3. The highest BCUT2D eigenvalue weighted by molar-refractivity contribution is 7.47. The molecule has 2 aromatic heterocycles. The minimum atomic E-state index is -5.15. The topological polar surface area (TPSA) is 297 Å². The van der Waals surface area contributed by atoms with E-state index < -0.39 is 95.3 Å². The zero-order valence-electron chi connectivity index (χ0n) is 20.0. The Kier molecular flexibility index (Phi) is 9.10. The van der Waals surface area contributed by atoms with E-state index in [-0.39, 0.29) is 5.82 Å². The van der Waals surface area contributed by atoms with Crippen LogP contribution in [-0.4, -0.2) is 94.0 Å². The van der Waals surface area contributed by atoms with Gasteiger partial charge in [-0.1, -0.05) is 0 Å². The summed E-state index contributed by atoms with van der Waals surface area (Å²) in [5.74, 6) is -0.104. The van der Waals surface area contributed by atoms with Crippen molar-refractivity contribution in [2.75, 3.05) is 18.9 Å². The first-order valence-electron chi connectivity index (χ1n) is 11.2. The molecule has 2 aromatic rings. The fourth-order valence-corrected chi connectivity index (χ4v) is 5.29. The van der Waals surface area contributed by atoms with Crippen LogP contribution in [-0.2, 0) is 32.2 Å². The molecule has 2 aliphatic heterocycles. The second-order valence-corrected chi connectivity index (χ2v) is 10.7. The summed E-state index contributed by atoms with van der Waals surface area (Å²) >= 11 is 0. The SMILES string of the molecule is Nc1ccn([C@@H]2O[C@H](COP(=O)(O)O[C@H]3[C@@H](O)[C@H](n4ccc(=O)[nH]c4=O)O[C@@H]3CO[P+](=O)O)[C@@H](O)[C@H]2O)c(=O)n1. The molecule has 4 rings (SSSR count). The van der Waals surface area contributed by atoms with Gasteiger partial charge in [-0.15, -0.1) is 9.42 Å². The van der Waals surface area contributed by atoms with Crippen molar-refractivity contribution in [3.8, 4) is 0 Å². The minimum Gasteiger partial charge on any atom is -0.387 e. The van der Waals surface area contributed by atoms with Crippen molar-refractivity contribution in [1.29, 1.82) is 0 Å². The molecule has 2 saturated heterocycles. The van der Waals surface area contributed by atoms with Gasteiger partial charge in [-0.2, -0.15) is 4.98 Å². The molecule has 8 N–H and O–H groups in total. The molecule has 4 heterocycles. The average Bonchev–Trinajstić information content (AvgIpc) is 3.32. The molecular weight excluding hydrogens is 588 g/mol. The monoisotopic (exact) mass is 612 g/mol. The molecule has 0 radical (unpaired) electrons. The van der Waals surface area contributed by atoms with E-state index >= 15 is 0 Å². The molecule has 2 aliphatic rings. The summed E-state index contributed by atoms with van der Waals surface area (Å²) in [6, 6.07) is 2.17. The summed E-state index contributed by atoms with van der Waals surface area (Å²) in [6.07, 6.45) is -10.9. The lowest BCUT2D eigenvalue weighted by molar-refractivity contribution is -0.0603. The lowest BCUT2D eigenvalue weighted by Crippen LogP contribution is -2.39. The quantitative estimate of drug-likeness (QED) is 0.128. The third kappa shape index (κ3) is 6.60. The predicted octanol–water partition coefficient (Wildman–Crippen LogP) is -3.58. The number of anilines is 1. The standard InChI is InChI=1S/C18H23N5O15P2/c19-9-1-3-22(17(28)20-9)15-12(26)11(25)7(36-15)6-35-40(32,33)38-14-8(5-34-39(30)31)37-16(13(14)27)23-4-2-10(24)21-18(23)29/h1-4,7-8,11-16,25-27H,5-6H2,(H4-,19,20,21,24,28,29,30,31,32,33)/p+1/t7-,8-,11-,12-,13-,14-,15-,16-/m1/s1. The van der Waals surface area contributed by atoms with Gasteiger partial charge in [0.1, 0.15) is 49.0 Å². The van der Waals surface area contributed by atoms with E-state index in [9.17, 15) is 43.7 Å². The molecule has 0 aliphatic carbocycles. The molecule has 0 amide bonds. The summed E-state index contributed by atoms with van der Waals surface area (Å²) < 4.78 is 50.6. The Balaban J connectivity index is 1.46. The number of aliphatic hydroxyl groups is 3. The molecule has 2 unspecified atom stereocenters. The largest absolute Gasteiger partial charge is 0.694 e. The van der Waals surface area contributed by atoms with Crippen LogP contribution in [0, 0.1) is 0 Å². The lowest BCUT2D eigenvalue weighted by Gasteiger charge is -2.23. The summed E-state index contributed by atoms with van der Waals surface area (Å²) in [5, 5.41) is 31.4. The minimum absolute atomic E-state index is 0.104. The van der Waals surface area contributed by atoms with E-state index in [1.165, 1.54) is 6.07 Å². The van der Waals surface area contributed by atoms with Crippen LogP contribution in [0.3, 0.4) is 0 Å². The summed E-state index contributed by atoms with van der Waals surface area (Å²) in [5.41, 5.74) is 2.75. The van der Waals surface area contributed by atoms with Crippen LogP contribution in [0.25, 0.3) is 0 Å². The van der Waals surface area contributed by atoms with Crippen LogP contribution >= 0.6 is 16.1 Å². The van der Waals surface area contributed by atoms with Gasteiger partial charge in [-0.25, -0.2) is 14.2 Å². The highest BCUT2D eigenvalue weighted by atomic mass is 31.2. The fourth-order valence-electron chi connectivity index (χ4n) is 4.05. The number of phosphoric acid groups is 1. The van der Waals surface area contributed by atoms with Gasteiger partial charge < -0.3 is 35.4 Å². The molecule has 40 heavy (non-hydrogen) atoms. The molecular formula is C18H24N5O15P2+. The van der Waals surface area contributed by atoms with Crippen molar-refractivity contribution < 1.29 is 57.3 Å². The Morgan fingerprint density at radius 1 is 1.02 bits per heavy atom. The Bertz CT molecular complexity index is 1460. The highest BCUT2D eigenvalue weighted by Gasteiger charge is 2.51. The number of nitrogens with two attached hydrogens (primary N) is 1. The molecule has 0 spiro atoms. The first-order valence-corrected chi connectivity index (χ1v) is 13.9. The number of hydrogen-bond donors (Lipinski definition) is 7. The molecule has 0 bridgehead atoms. The van der Waals surface area contributed by atoms with Gasteiger partial charge in [0.2, 0.25) is 0 Å². The lowest BCUT2D eigenvalue weighted by atomic mass is 10.1. The zero-order valence-corrected chi connectivity index (χ0v) is 21.8. The molecule has 10 atom stereocenters. The second-order valence-electron chi connectivity index (χ2n) is 8.53. The van der Waals surface area contributed by atoms with Gasteiger partial charge in [0.05, 0.1) is 6.61 Å². The maximum absolute atomic E-state index is 12.7. The number of H-pyrrole nitrogens is 1. The smallest absolute Gasteiger partial charge is 0.387 e. The van der Waals surface area contributed by atoms with Gasteiger partial charge in [-0.05, 0) is 6.07 Å². The van der Waals surface area contributed by atoms with Crippen LogP contribution in [0.15, 0.2) is 38.9 Å². The number of phosphoric ester groups is 1. The molecule has 22 heteroatoms. The van der Waals surface area contributed by atoms with Gasteiger partial charge in [-0.3, -0.25) is 28.0 Å². The van der Waals surface area contributed by atoms with Crippen LogP contribution in [0.1, 0.15) is 12.5 Å². The Labute approximate surface area is 222 Å². The maximum Gasteiger partial charge on any atom is 0.694 e.